The van der Waals surface area contributed by atoms with Crippen molar-refractivity contribution in [1.82, 2.24) is 9.97 Å². The van der Waals surface area contributed by atoms with Gasteiger partial charge in [0.25, 0.3) is 0 Å². The van der Waals surface area contributed by atoms with Crippen molar-refractivity contribution in [2.75, 3.05) is 0 Å². The summed E-state index contributed by atoms with van der Waals surface area (Å²) >= 11 is 0. The zero-order valence-corrected chi connectivity index (χ0v) is 6.72. The third-order valence-corrected chi connectivity index (χ3v) is 2.42. The Labute approximate surface area is 66.0 Å². The number of aromatic nitrogens is 2. The Morgan fingerprint density at radius 1 is 1.64 bits per heavy atom. The van der Waals surface area contributed by atoms with E-state index in [-0.39, 0.29) is 5.54 Å². The van der Waals surface area contributed by atoms with Crippen LogP contribution >= 0.6 is 0 Å². The molecular weight excluding hydrogens is 138 g/mol. The van der Waals surface area contributed by atoms with Crippen LogP contribution in [0, 0.1) is 6.92 Å². The second-order valence-corrected chi connectivity index (χ2v) is 3.42. The normalized spacial score (nSPS) is 21.3. The average molecular weight is 151 g/mol. The van der Waals surface area contributed by atoms with Crippen LogP contribution in [0.2, 0.25) is 0 Å². The van der Waals surface area contributed by atoms with Gasteiger partial charge in [-0.1, -0.05) is 0 Å². The van der Waals surface area contributed by atoms with Gasteiger partial charge in [0.15, 0.2) is 0 Å². The van der Waals surface area contributed by atoms with Gasteiger partial charge in [0.1, 0.15) is 5.82 Å². The van der Waals surface area contributed by atoms with E-state index in [1.165, 1.54) is 6.42 Å². The molecule has 1 saturated carbocycles. The summed E-state index contributed by atoms with van der Waals surface area (Å²) < 4.78 is 0. The fourth-order valence-electron chi connectivity index (χ4n) is 1.46. The molecule has 0 saturated heterocycles. The largest absolute Gasteiger partial charge is 0.345 e. The molecule has 1 fully saturated rings. The van der Waals surface area contributed by atoms with Crippen LogP contribution in [0.5, 0.6) is 0 Å². The lowest BCUT2D eigenvalue weighted by Crippen LogP contribution is -2.44. The molecule has 0 radical (unpaired) electrons. The van der Waals surface area contributed by atoms with Gasteiger partial charge in [-0.15, -0.1) is 0 Å². The molecule has 3 nitrogen and oxygen atoms in total. The highest BCUT2D eigenvalue weighted by atomic mass is 15.0. The van der Waals surface area contributed by atoms with E-state index in [0.29, 0.717) is 0 Å². The zero-order chi connectivity index (χ0) is 7.90. The second-order valence-electron chi connectivity index (χ2n) is 3.42. The summed E-state index contributed by atoms with van der Waals surface area (Å²) in [6.07, 6.45) is 5.21. The standard InChI is InChI=1S/C8H13N3/c1-6-5-10-7(11-6)8(9)3-2-4-8/h5H,2-4,9H2,1H3,(H,10,11). The summed E-state index contributed by atoms with van der Waals surface area (Å²) in [5, 5.41) is 0. The summed E-state index contributed by atoms with van der Waals surface area (Å²) in [5.41, 5.74) is 7.01. The highest BCUT2D eigenvalue weighted by molar-refractivity contribution is 5.12. The highest BCUT2D eigenvalue weighted by Crippen LogP contribution is 2.36. The molecule has 1 heterocycles. The topological polar surface area (TPSA) is 54.7 Å². The van der Waals surface area contributed by atoms with E-state index in [2.05, 4.69) is 9.97 Å². The van der Waals surface area contributed by atoms with Gasteiger partial charge in [0, 0.05) is 11.9 Å². The van der Waals surface area contributed by atoms with Crippen molar-refractivity contribution in [2.45, 2.75) is 31.7 Å². The van der Waals surface area contributed by atoms with E-state index >= 15 is 0 Å². The molecule has 11 heavy (non-hydrogen) atoms. The quantitative estimate of drug-likeness (QED) is 0.630. The van der Waals surface area contributed by atoms with Crippen molar-refractivity contribution in [2.24, 2.45) is 5.73 Å². The predicted octanol–water partition coefficient (Wildman–Crippen LogP) is 1.06. The Morgan fingerprint density at radius 2 is 2.36 bits per heavy atom. The molecule has 1 aromatic rings. The minimum absolute atomic E-state index is 0.131. The van der Waals surface area contributed by atoms with E-state index in [1.54, 1.807) is 0 Å². The number of H-pyrrole nitrogens is 1. The van der Waals surface area contributed by atoms with Gasteiger partial charge in [-0.05, 0) is 26.2 Å². The number of nitrogens with two attached hydrogens (primary N) is 1. The van der Waals surface area contributed by atoms with E-state index in [9.17, 15) is 0 Å². The first kappa shape index (κ1) is 6.85. The predicted molar refractivity (Wildman–Crippen MR) is 43.0 cm³/mol. The minimum Gasteiger partial charge on any atom is -0.345 e. The SMILES string of the molecule is Cc1cnc(C2(N)CCC2)[nH]1. The van der Waals surface area contributed by atoms with Crippen LogP contribution < -0.4 is 5.73 Å². The van der Waals surface area contributed by atoms with Crippen LogP contribution in [0.4, 0.5) is 0 Å². The van der Waals surface area contributed by atoms with E-state index in [4.69, 9.17) is 5.73 Å². The van der Waals surface area contributed by atoms with Crippen LogP contribution in [0.25, 0.3) is 0 Å². The van der Waals surface area contributed by atoms with E-state index < -0.39 is 0 Å². The van der Waals surface area contributed by atoms with Gasteiger partial charge in [-0.25, -0.2) is 4.98 Å². The van der Waals surface area contributed by atoms with Gasteiger partial charge in [0.2, 0.25) is 0 Å². The van der Waals surface area contributed by atoms with Crippen molar-refractivity contribution in [1.29, 1.82) is 0 Å². The zero-order valence-electron chi connectivity index (χ0n) is 6.72. The number of imidazole rings is 1. The molecule has 2 rings (SSSR count). The molecule has 1 aromatic heterocycles. The van der Waals surface area contributed by atoms with Gasteiger partial charge in [0.05, 0.1) is 5.54 Å². The Hall–Kier alpha value is -0.830. The monoisotopic (exact) mass is 151 g/mol. The van der Waals surface area contributed by atoms with Crippen LogP contribution in [-0.4, -0.2) is 9.97 Å². The van der Waals surface area contributed by atoms with Crippen LogP contribution in [0.15, 0.2) is 6.20 Å². The lowest BCUT2D eigenvalue weighted by Gasteiger charge is -2.35. The molecule has 0 amide bonds. The number of aryl methyl sites for hydroxylation is 1. The molecule has 60 valence electrons. The first-order valence-electron chi connectivity index (χ1n) is 4.02. The van der Waals surface area contributed by atoms with Gasteiger partial charge < -0.3 is 10.7 Å². The van der Waals surface area contributed by atoms with Crippen LogP contribution in [0.1, 0.15) is 30.8 Å². The average Bonchev–Trinajstić information content (AvgIpc) is 2.31. The lowest BCUT2D eigenvalue weighted by atomic mass is 9.77. The Morgan fingerprint density at radius 3 is 2.73 bits per heavy atom. The van der Waals surface area contributed by atoms with E-state index in [1.807, 2.05) is 13.1 Å². The Bertz CT molecular complexity index is 260. The molecule has 3 heteroatoms. The van der Waals surface area contributed by atoms with Crippen LogP contribution in [0.3, 0.4) is 0 Å². The van der Waals surface area contributed by atoms with Gasteiger partial charge in [-0.2, -0.15) is 0 Å². The smallest absolute Gasteiger partial charge is 0.126 e. The fraction of sp³-hybridized carbons (Fsp3) is 0.625. The summed E-state index contributed by atoms with van der Waals surface area (Å²) in [5.74, 6) is 0.959. The Kier molecular flexibility index (Phi) is 1.29. The molecule has 0 aromatic carbocycles. The van der Waals surface area contributed by atoms with Gasteiger partial charge in [-0.3, -0.25) is 0 Å². The molecule has 1 aliphatic carbocycles. The molecule has 0 spiro atoms. The molecule has 0 bridgehead atoms. The van der Waals surface area contributed by atoms with Crippen molar-refractivity contribution in [3.63, 3.8) is 0 Å². The minimum atomic E-state index is -0.131. The maximum Gasteiger partial charge on any atom is 0.126 e. The molecule has 0 unspecified atom stereocenters. The second kappa shape index (κ2) is 2.08. The highest BCUT2D eigenvalue weighted by Gasteiger charge is 2.36. The number of hydrogen-bond donors (Lipinski definition) is 2. The molecule has 0 aliphatic heterocycles. The van der Waals surface area contributed by atoms with Crippen molar-refractivity contribution < 1.29 is 0 Å². The number of nitrogens with one attached hydrogen (secondary N) is 1. The number of aromatic amines is 1. The third kappa shape index (κ3) is 0.959. The first-order valence-corrected chi connectivity index (χ1v) is 4.02. The fourth-order valence-corrected chi connectivity index (χ4v) is 1.46. The first-order chi connectivity index (χ1) is 5.21. The number of rotatable bonds is 1. The molecule has 0 atom stereocenters. The lowest BCUT2D eigenvalue weighted by molar-refractivity contribution is 0.240. The third-order valence-electron chi connectivity index (χ3n) is 2.42. The Balaban J connectivity index is 2.28. The summed E-state index contributed by atoms with van der Waals surface area (Å²) in [6.45, 7) is 2.00. The van der Waals surface area contributed by atoms with E-state index in [0.717, 1.165) is 24.4 Å². The summed E-state index contributed by atoms with van der Waals surface area (Å²) in [4.78, 5) is 7.41. The van der Waals surface area contributed by atoms with Crippen LogP contribution in [-0.2, 0) is 5.54 Å². The summed E-state index contributed by atoms with van der Waals surface area (Å²) in [6, 6.07) is 0. The number of nitrogens with zero attached hydrogens (tertiary/aromatic N) is 1. The maximum atomic E-state index is 6.04. The maximum absolute atomic E-state index is 6.04. The molecule has 1 aliphatic rings. The molecular formula is C8H13N3. The molecule has 3 N–H and O–H groups in total. The van der Waals surface area contributed by atoms with Crippen molar-refractivity contribution >= 4 is 0 Å². The van der Waals surface area contributed by atoms with Crippen molar-refractivity contribution in [3.8, 4) is 0 Å². The van der Waals surface area contributed by atoms with Crippen molar-refractivity contribution in [3.05, 3.63) is 17.7 Å². The number of hydrogen-bond acceptors (Lipinski definition) is 2. The summed E-state index contributed by atoms with van der Waals surface area (Å²) in [7, 11) is 0. The van der Waals surface area contributed by atoms with Gasteiger partial charge >= 0.3 is 0 Å².